The molecule has 0 fully saturated rings. The number of hydrogen-bond donors (Lipinski definition) is 0. The molecule has 0 bridgehead atoms. The molecular formula is C53H98O6. The molecule has 0 spiro atoms. The maximum atomic E-state index is 12.8. The van der Waals surface area contributed by atoms with Gasteiger partial charge in [0.25, 0.3) is 0 Å². The van der Waals surface area contributed by atoms with Gasteiger partial charge in [-0.25, -0.2) is 0 Å². The molecule has 6 heteroatoms. The van der Waals surface area contributed by atoms with Crippen molar-refractivity contribution < 1.29 is 28.6 Å². The van der Waals surface area contributed by atoms with Gasteiger partial charge in [-0.15, -0.1) is 0 Å². The Balaban J connectivity index is 4.35. The molecule has 6 nitrogen and oxygen atoms in total. The van der Waals surface area contributed by atoms with E-state index in [2.05, 4.69) is 45.1 Å². The Bertz CT molecular complexity index is 958. The van der Waals surface area contributed by atoms with E-state index in [1.165, 1.54) is 173 Å². The third-order valence-electron chi connectivity index (χ3n) is 11.4. The first-order valence-electron chi connectivity index (χ1n) is 25.8. The Morgan fingerprint density at radius 3 is 0.864 bits per heavy atom. The van der Waals surface area contributed by atoms with Crippen molar-refractivity contribution in [3.8, 4) is 0 Å². The van der Waals surface area contributed by atoms with Gasteiger partial charge in [-0.1, -0.05) is 212 Å². The van der Waals surface area contributed by atoms with E-state index >= 15 is 0 Å². The molecule has 0 aromatic heterocycles. The molecule has 59 heavy (non-hydrogen) atoms. The minimum atomic E-state index is -0.772. The summed E-state index contributed by atoms with van der Waals surface area (Å²) in [5.41, 5.74) is 0. The topological polar surface area (TPSA) is 78.9 Å². The minimum Gasteiger partial charge on any atom is -0.462 e. The maximum absolute atomic E-state index is 12.8. The molecule has 0 aliphatic heterocycles. The monoisotopic (exact) mass is 831 g/mol. The molecule has 0 rings (SSSR count). The quantitative estimate of drug-likeness (QED) is 0.0263. The predicted molar refractivity (Wildman–Crippen MR) is 252 cm³/mol. The molecule has 0 aromatic rings. The summed E-state index contributed by atoms with van der Waals surface area (Å²) >= 11 is 0. The number of rotatable bonds is 47. The van der Waals surface area contributed by atoms with Crippen molar-refractivity contribution in [2.75, 3.05) is 13.2 Å². The Kier molecular flexibility index (Phi) is 46.8. The number of unbranched alkanes of at least 4 members (excludes halogenated alkanes) is 32. The van der Waals surface area contributed by atoms with Gasteiger partial charge in [0.1, 0.15) is 13.2 Å². The summed E-state index contributed by atoms with van der Waals surface area (Å²) < 4.78 is 16.8. The zero-order chi connectivity index (χ0) is 43.0. The second kappa shape index (κ2) is 48.6. The molecule has 0 amide bonds. The van der Waals surface area contributed by atoms with E-state index in [-0.39, 0.29) is 31.1 Å². The number of ether oxygens (including phenoxy) is 3. The summed E-state index contributed by atoms with van der Waals surface area (Å²) in [5.74, 6) is -0.874. The van der Waals surface area contributed by atoms with Crippen LogP contribution in [0.2, 0.25) is 0 Å². The number of carbonyl (C=O) groups is 3. The molecule has 1 unspecified atom stereocenters. The fraction of sp³-hybridized carbons (Fsp3) is 0.868. The second-order valence-electron chi connectivity index (χ2n) is 17.4. The van der Waals surface area contributed by atoms with E-state index in [1.807, 2.05) is 0 Å². The first kappa shape index (κ1) is 56.9. The highest BCUT2D eigenvalue weighted by Crippen LogP contribution is 2.15. The lowest BCUT2D eigenvalue weighted by Crippen LogP contribution is -2.30. The van der Waals surface area contributed by atoms with Crippen LogP contribution in [0, 0.1) is 0 Å². The molecule has 0 N–H and O–H groups in total. The molecule has 0 saturated carbocycles. The van der Waals surface area contributed by atoms with Crippen LogP contribution < -0.4 is 0 Å². The third-order valence-corrected chi connectivity index (χ3v) is 11.4. The Hall–Kier alpha value is -2.11. The number of carbonyl (C=O) groups excluding carboxylic acids is 3. The van der Waals surface area contributed by atoms with Crippen molar-refractivity contribution in [3.63, 3.8) is 0 Å². The van der Waals surface area contributed by atoms with Gasteiger partial charge in [-0.2, -0.15) is 0 Å². The van der Waals surface area contributed by atoms with Crippen LogP contribution in [0.15, 0.2) is 24.3 Å². The summed E-state index contributed by atoms with van der Waals surface area (Å²) in [6.07, 6.45) is 54.4. The highest BCUT2D eigenvalue weighted by Gasteiger charge is 2.19. The highest BCUT2D eigenvalue weighted by atomic mass is 16.6. The van der Waals surface area contributed by atoms with E-state index in [1.54, 1.807) is 0 Å². The standard InChI is InChI=1S/C53H98O6/c1-4-7-10-13-16-19-22-25-26-29-31-34-37-40-43-46-52(55)58-49-50(59-53(56)47-44-41-38-35-32-28-24-21-18-15-12-9-6-3)48-57-51(54)45-42-39-36-33-30-27-23-20-17-14-11-8-5-2/h19,21-22,24,50H,4-18,20,23,25-49H2,1-3H3. The Labute approximate surface area is 366 Å². The number of allylic oxidation sites excluding steroid dienone is 4. The van der Waals surface area contributed by atoms with Crippen LogP contribution in [0.5, 0.6) is 0 Å². The molecular weight excluding hydrogens is 733 g/mol. The molecule has 1 atom stereocenters. The molecule has 0 aliphatic rings. The van der Waals surface area contributed by atoms with Crippen molar-refractivity contribution in [1.82, 2.24) is 0 Å². The fourth-order valence-electron chi connectivity index (χ4n) is 7.49. The smallest absolute Gasteiger partial charge is 0.306 e. The van der Waals surface area contributed by atoms with Gasteiger partial charge in [0, 0.05) is 19.3 Å². The van der Waals surface area contributed by atoms with Crippen LogP contribution in [-0.4, -0.2) is 37.2 Å². The number of esters is 3. The van der Waals surface area contributed by atoms with Gasteiger partial charge < -0.3 is 14.2 Å². The molecule has 0 saturated heterocycles. The Morgan fingerprint density at radius 2 is 0.559 bits per heavy atom. The van der Waals surface area contributed by atoms with E-state index in [9.17, 15) is 14.4 Å². The predicted octanol–water partition coefficient (Wildman–Crippen LogP) is 16.8. The molecule has 0 aromatic carbocycles. The molecule has 0 aliphatic carbocycles. The summed E-state index contributed by atoms with van der Waals surface area (Å²) in [7, 11) is 0. The van der Waals surface area contributed by atoms with Crippen LogP contribution in [0.3, 0.4) is 0 Å². The van der Waals surface area contributed by atoms with Crippen LogP contribution in [-0.2, 0) is 28.6 Å². The number of hydrogen-bond acceptors (Lipinski definition) is 6. The van der Waals surface area contributed by atoms with Crippen molar-refractivity contribution in [2.24, 2.45) is 0 Å². The van der Waals surface area contributed by atoms with Gasteiger partial charge in [0.15, 0.2) is 6.10 Å². The lowest BCUT2D eigenvalue weighted by atomic mass is 10.0. The van der Waals surface area contributed by atoms with E-state index < -0.39 is 6.10 Å². The van der Waals surface area contributed by atoms with Gasteiger partial charge in [-0.3, -0.25) is 14.4 Å². The van der Waals surface area contributed by atoms with Gasteiger partial charge >= 0.3 is 17.9 Å². The van der Waals surface area contributed by atoms with E-state index in [4.69, 9.17) is 14.2 Å². The first-order valence-corrected chi connectivity index (χ1v) is 25.8. The van der Waals surface area contributed by atoms with E-state index in [0.29, 0.717) is 19.3 Å². The zero-order valence-electron chi connectivity index (χ0n) is 39.5. The average molecular weight is 831 g/mol. The summed E-state index contributed by atoms with van der Waals surface area (Å²) in [6, 6.07) is 0. The van der Waals surface area contributed by atoms with Crippen molar-refractivity contribution in [3.05, 3.63) is 24.3 Å². The summed E-state index contributed by atoms with van der Waals surface area (Å²) in [4.78, 5) is 37.9. The van der Waals surface area contributed by atoms with Crippen LogP contribution in [0.25, 0.3) is 0 Å². The summed E-state index contributed by atoms with van der Waals surface area (Å²) in [6.45, 7) is 6.62. The van der Waals surface area contributed by atoms with Crippen LogP contribution >= 0.6 is 0 Å². The first-order chi connectivity index (χ1) is 29.0. The van der Waals surface area contributed by atoms with Gasteiger partial charge in [0.2, 0.25) is 0 Å². The summed E-state index contributed by atoms with van der Waals surface area (Å²) in [5, 5.41) is 0. The SMILES string of the molecule is CCCCCCC=CCCCCCCCCCC(=O)OCC(COC(=O)CCCCCCCCCCCCCCC)OC(=O)CCCCCCCC=CCCCCCC. The second-order valence-corrected chi connectivity index (χ2v) is 17.4. The highest BCUT2D eigenvalue weighted by molar-refractivity contribution is 5.71. The minimum absolute atomic E-state index is 0.0723. The van der Waals surface area contributed by atoms with Crippen molar-refractivity contribution in [1.29, 1.82) is 0 Å². The molecule has 0 heterocycles. The lowest BCUT2D eigenvalue weighted by molar-refractivity contribution is -0.167. The van der Waals surface area contributed by atoms with E-state index in [0.717, 1.165) is 64.2 Å². The van der Waals surface area contributed by atoms with Crippen LogP contribution in [0.4, 0.5) is 0 Å². The average Bonchev–Trinajstić information content (AvgIpc) is 3.23. The zero-order valence-corrected chi connectivity index (χ0v) is 39.5. The third kappa shape index (κ3) is 46.8. The van der Waals surface area contributed by atoms with Gasteiger partial charge in [0.05, 0.1) is 0 Å². The molecule has 346 valence electrons. The largest absolute Gasteiger partial charge is 0.462 e. The van der Waals surface area contributed by atoms with Crippen molar-refractivity contribution >= 4 is 17.9 Å². The van der Waals surface area contributed by atoms with Crippen molar-refractivity contribution in [2.45, 2.75) is 284 Å². The molecule has 0 radical (unpaired) electrons. The fourth-order valence-corrected chi connectivity index (χ4v) is 7.49. The maximum Gasteiger partial charge on any atom is 0.306 e. The normalized spacial score (nSPS) is 12.1. The van der Waals surface area contributed by atoms with Gasteiger partial charge in [-0.05, 0) is 70.6 Å². The van der Waals surface area contributed by atoms with Crippen LogP contribution in [0.1, 0.15) is 278 Å². The Morgan fingerprint density at radius 1 is 0.322 bits per heavy atom. The lowest BCUT2D eigenvalue weighted by Gasteiger charge is -2.18.